The fourth-order valence-corrected chi connectivity index (χ4v) is 5.11. The molecular weight excluding hydrogens is 446 g/mol. The number of nitrogens with zero attached hydrogens (tertiary/aromatic N) is 3. The summed E-state index contributed by atoms with van der Waals surface area (Å²) in [5, 5.41) is 1.11. The van der Waals surface area contributed by atoms with E-state index < -0.39 is 0 Å². The number of likely N-dealkylation sites (tertiary alicyclic amines) is 1. The van der Waals surface area contributed by atoms with Gasteiger partial charge in [0.05, 0.1) is 10.6 Å². The van der Waals surface area contributed by atoms with Crippen LogP contribution >= 0.6 is 23.4 Å². The Balaban J connectivity index is 1.47. The molecule has 0 atom stereocenters. The molecule has 2 aromatic carbocycles. The Labute approximate surface area is 194 Å². The van der Waals surface area contributed by atoms with E-state index in [9.17, 15) is 14.4 Å². The molecule has 8 heteroatoms. The molecule has 3 aromatic rings. The third-order valence-corrected chi connectivity index (χ3v) is 6.87. The van der Waals surface area contributed by atoms with Crippen LogP contribution in [0.3, 0.4) is 0 Å². The monoisotopic (exact) mass is 465 g/mol. The smallest absolute Gasteiger partial charge is 0.298 e. The molecule has 3 heterocycles. The Kier molecular flexibility index (Phi) is 5.53. The second-order valence-corrected chi connectivity index (χ2v) is 9.24. The second-order valence-electron chi connectivity index (χ2n) is 7.81. The largest absolute Gasteiger partial charge is 0.341 e. The molecule has 6 nitrogen and oxygen atoms in total. The van der Waals surface area contributed by atoms with Crippen LogP contribution < -0.4 is 4.90 Å². The first-order chi connectivity index (χ1) is 15.5. The van der Waals surface area contributed by atoms with Gasteiger partial charge in [0.2, 0.25) is 5.91 Å². The highest BCUT2D eigenvalue weighted by molar-refractivity contribution is 8.19. The molecule has 162 valence electrons. The molecule has 0 radical (unpaired) electrons. The summed E-state index contributed by atoms with van der Waals surface area (Å²) in [4.78, 5) is 41.7. The molecule has 2 aliphatic rings. The fourth-order valence-electron chi connectivity index (χ4n) is 4.15. The van der Waals surface area contributed by atoms with E-state index in [1.54, 1.807) is 30.3 Å². The lowest BCUT2D eigenvalue weighted by Gasteiger charge is -2.15. The number of amides is 3. The highest BCUT2D eigenvalue weighted by Crippen LogP contribution is 2.37. The van der Waals surface area contributed by atoms with Gasteiger partial charge in [-0.25, -0.2) is 4.90 Å². The number of thioether (sulfide) groups is 1. The normalized spacial score (nSPS) is 17.8. The summed E-state index contributed by atoms with van der Waals surface area (Å²) in [6, 6.07) is 14.4. The summed E-state index contributed by atoms with van der Waals surface area (Å²) in [5.41, 5.74) is 2.21. The van der Waals surface area contributed by atoms with Gasteiger partial charge in [0.15, 0.2) is 0 Å². The maximum atomic E-state index is 13.0. The van der Waals surface area contributed by atoms with Crippen molar-refractivity contribution in [1.82, 2.24) is 9.47 Å². The first-order valence-corrected chi connectivity index (χ1v) is 11.6. The molecule has 2 saturated heterocycles. The lowest BCUT2D eigenvalue weighted by molar-refractivity contribution is -0.130. The van der Waals surface area contributed by atoms with Crippen LogP contribution in [0.2, 0.25) is 5.02 Å². The van der Waals surface area contributed by atoms with Crippen molar-refractivity contribution in [3.8, 4) is 0 Å². The number of imide groups is 1. The zero-order valence-corrected chi connectivity index (χ0v) is 18.7. The zero-order chi connectivity index (χ0) is 22.2. The molecule has 0 saturated carbocycles. The number of fused-ring (bicyclic) bond motifs is 1. The van der Waals surface area contributed by atoms with Crippen molar-refractivity contribution < 1.29 is 14.4 Å². The van der Waals surface area contributed by atoms with Crippen LogP contribution in [0.5, 0.6) is 0 Å². The van der Waals surface area contributed by atoms with Gasteiger partial charge in [-0.3, -0.25) is 14.4 Å². The van der Waals surface area contributed by atoms with Crippen LogP contribution in [0.4, 0.5) is 10.5 Å². The van der Waals surface area contributed by atoms with Gasteiger partial charge in [0.25, 0.3) is 11.1 Å². The minimum absolute atomic E-state index is 0.0952. The van der Waals surface area contributed by atoms with Crippen LogP contribution in [0.25, 0.3) is 17.0 Å². The van der Waals surface area contributed by atoms with Crippen LogP contribution in [0, 0.1) is 0 Å². The van der Waals surface area contributed by atoms with E-state index in [0.717, 1.165) is 59.1 Å². The summed E-state index contributed by atoms with van der Waals surface area (Å²) >= 11 is 6.84. The standard InChI is InChI=1S/C24H20ClN3O3S/c25-17-7-9-18(10-8-17)28-23(30)21(32-24(28)31)13-16-14-27(20-6-2-1-5-19(16)20)15-22(29)26-11-3-4-12-26/h1-2,5-10,13-14H,3-4,11-12,15H2/b21-13-. The van der Waals surface area contributed by atoms with Crippen LogP contribution in [0.1, 0.15) is 18.4 Å². The van der Waals surface area contributed by atoms with Crippen molar-refractivity contribution in [2.24, 2.45) is 0 Å². The Morgan fingerprint density at radius 2 is 1.75 bits per heavy atom. The van der Waals surface area contributed by atoms with E-state index in [4.69, 9.17) is 11.6 Å². The number of carbonyl (C=O) groups excluding carboxylic acids is 3. The number of hydrogen-bond acceptors (Lipinski definition) is 4. The van der Waals surface area contributed by atoms with Crippen molar-refractivity contribution >= 4 is 63.1 Å². The number of benzene rings is 2. The molecule has 2 aliphatic heterocycles. The van der Waals surface area contributed by atoms with E-state index >= 15 is 0 Å². The van der Waals surface area contributed by atoms with Crippen molar-refractivity contribution in [1.29, 1.82) is 0 Å². The van der Waals surface area contributed by atoms with E-state index in [-0.39, 0.29) is 23.6 Å². The quantitative estimate of drug-likeness (QED) is 0.499. The molecule has 1 aromatic heterocycles. The summed E-state index contributed by atoms with van der Waals surface area (Å²) in [7, 11) is 0. The van der Waals surface area contributed by atoms with Gasteiger partial charge in [0.1, 0.15) is 6.54 Å². The van der Waals surface area contributed by atoms with E-state index in [2.05, 4.69) is 0 Å². The van der Waals surface area contributed by atoms with Crippen LogP contribution in [-0.2, 0) is 16.1 Å². The second kappa shape index (κ2) is 8.48. The van der Waals surface area contributed by atoms with E-state index in [1.165, 1.54) is 0 Å². The van der Waals surface area contributed by atoms with Crippen molar-refractivity contribution in [3.63, 3.8) is 0 Å². The topological polar surface area (TPSA) is 62.6 Å². The molecular formula is C24H20ClN3O3S. The molecule has 0 unspecified atom stereocenters. The Hall–Kier alpha value is -3.03. The SMILES string of the molecule is O=C(Cn1cc(/C=C2\SC(=O)N(c3ccc(Cl)cc3)C2=O)c2ccccc21)N1CCCC1. The minimum Gasteiger partial charge on any atom is -0.341 e. The van der Waals surface area contributed by atoms with E-state index in [1.807, 2.05) is 39.9 Å². The lowest BCUT2D eigenvalue weighted by Crippen LogP contribution is -2.30. The number of hydrogen-bond donors (Lipinski definition) is 0. The summed E-state index contributed by atoms with van der Waals surface area (Å²) in [6.45, 7) is 1.87. The lowest BCUT2D eigenvalue weighted by atomic mass is 10.1. The third-order valence-electron chi connectivity index (χ3n) is 5.75. The number of aromatic nitrogens is 1. The molecule has 5 rings (SSSR count). The highest BCUT2D eigenvalue weighted by atomic mass is 35.5. The average molecular weight is 466 g/mol. The molecule has 3 amide bonds. The Morgan fingerprint density at radius 3 is 2.50 bits per heavy atom. The third kappa shape index (κ3) is 3.82. The average Bonchev–Trinajstić information content (AvgIpc) is 3.50. The summed E-state index contributed by atoms with van der Waals surface area (Å²) < 4.78 is 1.92. The summed E-state index contributed by atoms with van der Waals surface area (Å²) in [6.07, 6.45) is 5.72. The van der Waals surface area contributed by atoms with Gasteiger partial charge in [-0.05, 0) is 61.0 Å². The number of anilines is 1. The van der Waals surface area contributed by atoms with Crippen molar-refractivity contribution in [2.75, 3.05) is 18.0 Å². The van der Waals surface area contributed by atoms with Gasteiger partial charge in [0, 0.05) is 40.8 Å². The van der Waals surface area contributed by atoms with Crippen LogP contribution in [0.15, 0.2) is 59.6 Å². The molecule has 0 N–H and O–H groups in total. The predicted octanol–water partition coefficient (Wildman–Crippen LogP) is 5.16. The van der Waals surface area contributed by atoms with Crippen molar-refractivity contribution in [3.05, 3.63) is 70.2 Å². The molecule has 0 bridgehead atoms. The Morgan fingerprint density at radius 1 is 1.03 bits per heavy atom. The van der Waals surface area contributed by atoms with E-state index in [0.29, 0.717) is 15.6 Å². The van der Waals surface area contributed by atoms with Crippen LogP contribution in [-0.4, -0.2) is 39.6 Å². The fraction of sp³-hybridized carbons (Fsp3) is 0.208. The molecule has 0 spiro atoms. The maximum Gasteiger partial charge on any atom is 0.298 e. The van der Waals surface area contributed by atoms with Gasteiger partial charge >= 0.3 is 0 Å². The van der Waals surface area contributed by atoms with Gasteiger partial charge in [-0.15, -0.1) is 0 Å². The maximum absolute atomic E-state index is 13.0. The first-order valence-electron chi connectivity index (χ1n) is 10.4. The first kappa shape index (κ1) is 20.8. The van der Waals surface area contributed by atoms with Gasteiger partial charge in [-0.2, -0.15) is 0 Å². The Bertz CT molecular complexity index is 1260. The zero-order valence-electron chi connectivity index (χ0n) is 17.2. The number of para-hydroxylation sites is 1. The number of carbonyl (C=O) groups is 3. The molecule has 0 aliphatic carbocycles. The minimum atomic E-state index is -0.368. The number of rotatable bonds is 4. The van der Waals surface area contributed by atoms with Crippen molar-refractivity contribution in [2.45, 2.75) is 19.4 Å². The summed E-state index contributed by atoms with van der Waals surface area (Å²) in [5.74, 6) is -0.273. The van der Waals surface area contributed by atoms with Gasteiger partial charge < -0.3 is 9.47 Å². The molecule has 2 fully saturated rings. The predicted molar refractivity (Wildman–Crippen MR) is 128 cm³/mol. The number of halogens is 1. The highest BCUT2D eigenvalue weighted by Gasteiger charge is 2.36. The van der Waals surface area contributed by atoms with Gasteiger partial charge in [-0.1, -0.05) is 29.8 Å². The molecule has 32 heavy (non-hydrogen) atoms.